The lowest BCUT2D eigenvalue weighted by molar-refractivity contribution is -0.113. The molecule has 3 heterocycles. The normalized spacial score (nSPS) is 10.9. The van der Waals surface area contributed by atoms with Gasteiger partial charge in [-0.2, -0.15) is 0 Å². The van der Waals surface area contributed by atoms with E-state index in [9.17, 15) is 9.18 Å². The number of anilines is 1. The molecule has 6 nitrogen and oxygen atoms in total. The van der Waals surface area contributed by atoms with Crippen molar-refractivity contribution >= 4 is 34.7 Å². The summed E-state index contributed by atoms with van der Waals surface area (Å²) < 4.78 is 17.4. The molecule has 0 aliphatic carbocycles. The van der Waals surface area contributed by atoms with Crippen LogP contribution >= 0.6 is 23.1 Å². The van der Waals surface area contributed by atoms with Gasteiger partial charge in [-0.15, -0.1) is 21.5 Å². The number of para-hydroxylation sites is 1. The molecule has 136 valence electrons. The van der Waals surface area contributed by atoms with Gasteiger partial charge in [0.05, 0.1) is 16.3 Å². The van der Waals surface area contributed by atoms with Crippen molar-refractivity contribution < 1.29 is 9.18 Å². The maximum absolute atomic E-state index is 13.7. The van der Waals surface area contributed by atoms with Gasteiger partial charge in [-0.1, -0.05) is 30.0 Å². The van der Waals surface area contributed by atoms with E-state index in [1.165, 1.54) is 23.9 Å². The van der Waals surface area contributed by atoms with Gasteiger partial charge in [0.25, 0.3) is 0 Å². The second kappa shape index (κ2) is 7.77. The predicted molar refractivity (Wildman–Crippen MR) is 104 cm³/mol. The van der Waals surface area contributed by atoms with Gasteiger partial charge in [-0.3, -0.25) is 9.47 Å². The van der Waals surface area contributed by atoms with Crippen molar-refractivity contribution in [3.8, 4) is 10.7 Å². The zero-order chi connectivity index (χ0) is 18.6. The summed E-state index contributed by atoms with van der Waals surface area (Å²) in [5, 5.41) is 13.6. The number of aromatic nitrogens is 4. The minimum Gasteiger partial charge on any atom is -0.323 e. The quantitative estimate of drug-likeness (QED) is 0.498. The van der Waals surface area contributed by atoms with E-state index in [4.69, 9.17) is 0 Å². The van der Waals surface area contributed by atoms with Crippen molar-refractivity contribution in [3.05, 3.63) is 72.1 Å². The lowest BCUT2D eigenvalue weighted by Crippen LogP contribution is -2.16. The van der Waals surface area contributed by atoms with Crippen LogP contribution in [0.15, 0.2) is 71.5 Å². The summed E-state index contributed by atoms with van der Waals surface area (Å²) >= 11 is 2.80. The van der Waals surface area contributed by atoms with Gasteiger partial charge in [-0.05, 0) is 35.7 Å². The number of nitrogens with one attached hydrogen (secondary N) is 1. The molecule has 0 aliphatic heterocycles. The van der Waals surface area contributed by atoms with Gasteiger partial charge in [-0.25, -0.2) is 9.07 Å². The fourth-order valence-electron chi connectivity index (χ4n) is 2.46. The highest BCUT2D eigenvalue weighted by atomic mass is 32.2. The average Bonchev–Trinajstić information content (AvgIpc) is 3.42. The maximum atomic E-state index is 13.7. The third-order valence-corrected chi connectivity index (χ3v) is 5.44. The Morgan fingerprint density at radius 2 is 1.93 bits per heavy atom. The van der Waals surface area contributed by atoms with Crippen LogP contribution in [0.4, 0.5) is 10.1 Å². The lowest BCUT2D eigenvalue weighted by Gasteiger charge is -2.10. The summed E-state index contributed by atoms with van der Waals surface area (Å²) in [6, 6.07) is 13.8. The summed E-state index contributed by atoms with van der Waals surface area (Å²) in [6.07, 6.45) is 3.76. The molecule has 4 aromatic rings. The van der Waals surface area contributed by atoms with Crippen LogP contribution in [0.5, 0.6) is 0 Å². The van der Waals surface area contributed by atoms with Gasteiger partial charge >= 0.3 is 0 Å². The van der Waals surface area contributed by atoms with E-state index in [0.717, 1.165) is 4.88 Å². The Kier molecular flexibility index (Phi) is 5.03. The maximum Gasteiger partial charge on any atom is 0.234 e. The van der Waals surface area contributed by atoms with Crippen molar-refractivity contribution in [1.29, 1.82) is 0 Å². The molecule has 1 N–H and O–H groups in total. The van der Waals surface area contributed by atoms with E-state index < -0.39 is 5.82 Å². The highest BCUT2D eigenvalue weighted by molar-refractivity contribution is 7.99. The van der Waals surface area contributed by atoms with Gasteiger partial charge in [0, 0.05) is 12.4 Å². The molecule has 3 aromatic heterocycles. The van der Waals surface area contributed by atoms with E-state index in [1.807, 2.05) is 51.4 Å². The zero-order valence-electron chi connectivity index (χ0n) is 13.9. The average molecular weight is 399 g/mol. The first-order valence-electron chi connectivity index (χ1n) is 8.02. The van der Waals surface area contributed by atoms with Crippen molar-refractivity contribution in [3.63, 3.8) is 0 Å². The SMILES string of the molecule is O=C(CSc1nnc(-c2cccs2)n1-n1cccc1)Nc1ccccc1F. The molecule has 0 aliphatic rings. The Hall–Kier alpha value is -2.91. The Labute approximate surface area is 162 Å². The molecule has 0 atom stereocenters. The molecule has 1 amide bonds. The molecule has 0 bridgehead atoms. The first-order chi connectivity index (χ1) is 13.2. The summed E-state index contributed by atoms with van der Waals surface area (Å²) in [7, 11) is 0. The monoisotopic (exact) mass is 399 g/mol. The van der Waals surface area contributed by atoms with Crippen LogP contribution < -0.4 is 5.32 Å². The smallest absolute Gasteiger partial charge is 0.234 e. The number of nitrogens with zero attached hydrogens (tertiary/aromatic N) is 4. The van der Waals surface area contributed by atoms with Crippen LogP contribution in [0.25, 0.3) is 10.7 Å². The fraction of sp³-hybridized carbons (Fsp3) is 0.0556. The van der Waals surface area contributed by atoms with Crippen molar-refractivity contribution in [2.24, 2.45) is 0 Å². The second-order valence-corrected chi connectivity index (χ2v) is 7.37. The van der Waals surface area contributed by atoms with Crippen LogP contribution in [0.3, 0.4) is 0 Å². The number of amides is 1. The van der Waals surface area contributed by atoms with Crippen molar-refractivity contribution in [1.82, 2.24) is 19.5 Å². The molecule has 0 unspecified atom stereocenters. The lowest BCUT2D eigenvalue weighted by atomic mass is 10.3. The molecule has 9 heteroatoms. The second-order valence-electron chi connectivity index (χ2n) is 5.48. The Morgan fingerprint density at radius 3 is 2.67 bits per heavy atom. The van der Waals surface area contributed by atoms with Crippen LogP contribution in [-0.4, -0.2) is 31.2 Å². The first kappa shape index (κ1) is 17.5. The van der Waals surface area contributed by atoms with E-state index in [2.05, 4.69) is 15.5 Å². The van der Waals surface area contributed by atoms with Crippen molar-refractivity contribution in [2.45, 2.75) is 5.16 Å². The molecule has 27 heavy (non-hydrogen) atoms. The van der Waals surface area contributed by atoms with Crippen LogP contribution in [0.2, 0.25) is 0 Å². The largest absolute Gasteiger partial charge is 0.323 e. The number of thiophene rings is 1. The highest BCUT2D eigenvalue weighted by Gasteiger charge is 2.18. The zero-order valence-corrected chi connectivity index (χ0v) is 15.6. The molecule has 4 rings (SSSR count). The van der Waals surface area contributed by atoms with Gasteiger partial charge in [0.2, 0.25) is 11.1 Å². The summed E-state index contributed by atoms with van der Waals surface area (Å²) in [5.41, 5.74) is 0.161. The number of thioether (sulfide) groups is 1. The molecule has 0 saturated heterocycles. The Balaban J connectivity index is 1.54. The van der Waals surface area contributed by atoms with E-state index in [-0.39, 0.29) is 17.3 Å². The third kappa shape index (κ3) is 3.79. The number of halogens is 1. The first-order valence-corrected chi connectivity index (χ1v) is 9.89. The highest BCUT2D eigenvalue weighted by Crippen LogP contribution is 2.27. The molecule has 0 radical (unpaired) electrons. The van der Waals surface area contributed by atoms with Crippen molar-refractivity contribution in [2.75, 3.05) is 11.1 Å². The van der Waals surface area contributed by atoms with Crippen LogP contribution in [0, 0.1) is 5.82 Å². The minimum atomic E-state index is -0.466. The Bertz CT molecular complexity index is 1040. The van der Waals surface area contributed by atoms with Gasteiger partial charge < -0.3 is 5.32 Å². The number of hydrogen-bond acceptors (Lipinski definition) is 5. The molecular formula is C18H14FN5OS2. The van der Waals surface area contributed by atoms with E-state index in [0.29, 0.717) is 11.0 Å². The van der Waals surface area contributed by atoms with Crippen LogP contribution in [0.1, 0.15) is 0 Å². The van der Waals surface area contributed by atoms with E-state index >= 15 is 0 Å². The third-order valence-electron chi connectivity index (χ3n) is 3.65. The van der Waals surface area contributed by atoms with Crippen LogP contribution in [-0.2, 0) is 4.79 Å². The topological polar surface area (TPSA) is 64.7 Å². The number of carbonyl (C=O) groups excluding carboxylic acids is 1. The summed E-state index contributed by atoms with van der Waals surface area (Å²) in [5.74, 6) is -0.00701. The van der Waals surface area contributed by atoms with Gasteiger partial charge in [0.1, 0.15) is 5.82 Å². The standard InChI is InChI=1S/C18H14FN5OS2/c19-13-6-1-2-7-14(13)20-16(25)12-27-18-22-21-17(15-8-5-11-26-15)24(18)23-9-3-4-10-23/h1-11H,12H2,(H,20,25). The van der Waals surface area contributed by atoms with Gasteiger partial charge in [0.15, 0.2) is 5.82 Å². The number of benzene rings is 1. The molecule has 1 aromatic carbocycles. The summed E-state index contributed by atoms with van der Waals surface area (Å²) in [4.78, 5) is 13.2. The number of hydrogen-bond donors (Lipinski definition) is 1. The van der Waals surface area contributed by atoms with E-state index in [1.54, 1.807) is 23.5 Å². The number of rotatable bonds is 6. The minimum absolute atomic E-state index is 0.0815. The fourth-order valence-corrected chi connectivity index (χ4v) is 3.89. The number of carbonyl (C=O) groups is 1. The molecule has 0 fully saturated rings. The molecular weight excluding hydrogens is 385 g/mol. The Morgan fingerprint density at radius 1 is 1.11 bits per heavy atom. The molecule has 0 saturated carbocycles. The predicted octanol–water partition coefficient (Wildman–Crippen LogP) is 3.99. The summed E-state index contributed by atoms with van der Waals surface area (Å²) in [6.45, 7) is 0. The molecule has 0 spiro atoms.